The third-order valence-electron chi connectivity index (χ3n) is 4.76. The van der Waals surface area contributed by atoms with Crippen LogP contribution in [0.25, 0.3) is 0 Å². The standard InChI is InChI=1S/C15H30N2O/c1-14(12-18-2)16-13-15(8-4-5-9-15)17-10-6-3-7-11-17/h14,16H,3-13H2,1-2H3. The largest absolute Gasteiger partial charge is 0.383 e. The third kappa shape index (κ3) is 3.46. The van der Waals surface area contributed by atoms with Gasteiger partial charge < -0.3 is 10.1 Å². The minimum atomic E-state index is 0.461. The molecule has 1 aliphatic carbocycles. The SMILES string of the molecule is COCC(C)NCC1(N2CCCCC2)CCCC1. The average molecular weight is 254 g/mol. The summed E-state index contributed by atoms with van der Waals surface area (Å²) in [4.78, 5) is 2.79. The van der Waals surface area contributed by atoms with E-state index >= 15 is 0 Å². The van der Waals surface area contributed by atoms with Crippen LogP contribution in [0.2, 0.25) is 0 Å². The van der Waals surface area contributed by atoms with E-state index in [1.165, 1.54) is 58.0 Å². The first-order chi connectivity index (χ1) is 8.77. The third-order valence-corrected chi connectivity index (χ3v) is 4.76. The van der Waals surface area contributed by atoms with Crippen LogP contribution in [0.1, 0.15) is 51.9 Å². The maximum atomic E-state index is 5.22. The summed E-state index contributed by atoms with van der Waals surface area (Å²) in [5.74, 6) is 0. The van der Waals surface area contributed by atoms with Crippen LogP contribution < -0.4 is 5.32 Å². The summed E-state index contributed by atoms with van der Waals surface area (Å²) < 4.78 is 5.22. The van der Waals surface area contributed by atoms with Crippen molar-refractivity contribution in [2.45, 2.75) is 63.5 Å². The lowest BCUT2D eigenvalue weighted by atomic mass is 9.92. The van der Waals surface area contributed by atoms with Gasteiger partial charge in [-0.2, -0.15) is 0 Å². The lowest BCUT2D eigenvalue weighted by molar-refractivity contribution is 0.0637. The molecule has 0 bridgehead atoms. The summed E-state index contributed by atoms with van der Waals surface area (Å²) in [7, 11) is 1.79. The molecule has 0 aromatic carbocycles. The van der Waals surface area contributed by atoms with Gasteiger partial charge in [0.25, 0.3) is 0 Å². The summed E-state index contributed by atoms with van der Waals surface area (Å²) in [5, 5.41) is 3.70. The first-order valence-corrected chi connectivity index (χ1v) is 7.74. The van der Waals surface area contributed by atoms with Crippen LogP contribution in [0.15, 0.2) is 0 Å². The average Bonchev–Trinajstić information content (AvgIpc) is 2.88. The molecule has 3 nitrogen and oxygen atoms in total. The summed E-state index contributed by atoms with van der Waals surface area (Å²) in [6.45, 7) is 6.83. The zero-order valence-corrected chi connectivity index (χ0v) is 12.2. The van der Waals surface area contributed by atoms with E-state index in [4.69, 9.17) is 4.74 Å². The molecule has 1 atom stereocenters. The van der Waals surface area contributed by atoms with Gasteiger partial charge in [-0.15, -0.1) is 0 Å². The van der Waals surface area contributed by atoms with Gasteiger partial charge in [-0.3, -0.25) is 4.90 Å². The molecular formula is C15H30N2O. The van der Waals surface area contributed by atoms with Gasteiger partial charge in [-0.1, -0.05) is 19.3 Å². The molecule has 2 rings (SSSR count). The number of ether oxygens (including phenoxy) is 1. The Morgan fingerprint density at radius 3 is 2.39 bits per heavy atom. The first-order valence-electron chi connectivity index (χ1n) is 7.74. The van der Waals surface area contributed by atoms with E-state index < -0.39 is 0 Å². The number of nitrogens with zero attached hydrogens (tertiary/aromatic N) is 1. The molecule has 0 amide bonds. The molecule has 18 heavy (non-hydrogen) atoms. The second-order valence-electron chi connectivity index (χ2n) is 6.22. The minimum Gasteiger partial charge on any atom is -0.383 e. The normalized spacial score (nSPS) is 26.3. The quantitative estimate of drug-likeness (QED) is 0.788. The summed E-state index contributed by atoms with van der Waals surface area (Å²) >= 11 is 0. The second kappa shape index (κ2) is 6.88. The van der Waals surface area contributed by atoms with Crippen molar-refractivity contribution in [2.75, 3.05) is 33.4 Å². The number of hydrogen-bond donors (Lipinski definition) is 1. The van der Waals surface area contributed by atoms with E-state index in [2.05, 4.69) is 17.1 Å². The van der Waals surface area contributed by atoms with Crippen LogP contribution in [0.4, 0.5) is 0 Å². The van der Waals surface area contributed by atoms with Gasteiger partial charge in [0, 0.05) is 25.2 Å². The summed E-state index contributed by atoms with van der Waals surface area (Å²) in [6, 6.07) is 0.470. The lowest BCUT2D eigenvalue weighted by Crippen LogP contribution is -2.56. The molecule has 1 unspecified atom stereocenters. The van der Waals surface area contributed by atoms with Crippen LogP contribution in [0.3, 0.4) is 0 Å². The van der Waals surface area contributed by atoms with Crippen molar-refractivity contribution in [1.29, 1.82) is 0 Å². The molecule has 1 saturated carbocycles. The highest BCUT2D eigenvalue weighted by molar-refractivity contribution is 4.98. The van der Waals surface area contributed by atoms with Gasteiger partial charge in [-0.25, -0.2) is 0 Å². The Balaban J connectivity index is 1.89. The predicted octanol–water partition coefficient (Wildman–Crippen LogP) is 2.41. The molecular weight excluding hydrogens is 224 g/mol. The van der Waals surface area contributed by atoms with E-state index in [1.807, 2.05) is 0 Å². The fourth-order valence-corrected chi connectivity index (χ4v) is 3.68. The van der Waals surface area contributed by atoms with Crippen molar-refractivity contribution in [1.82, 2.24) is 10.2 Å². The van der Waals surface area contributed by atoms with Gasteiger partial charge >= 0.3 is 0 Å². The van der Waals surface area contributed by atoms with Crippen molar-refractivity contribution in [2.24, 2.45) is 0 Å². The van der Waals surface area contributed by atoms with Crippen molar-refractivity contribution >= 4 is 0 Å². The fraction of sp³-hybridized carbons (Fsp3) is 1.00. The van der Waals surface area contributed by atoms with E-state index in [-0.39, 0.29) is 0 Å². The van der Waals surface area contributed by atoms with Crippen LogP contribution in [-0.2, 0) is 4.74 Å². The smallest absolute Gasteiger partial charge is 0.0613 e. The number of hydrogen-bond acceptors (Lipinski definition) is 3. The van der Waals surface area contributed by atoms with Crippen molar-refractivity contribution < 1.29 is 4.74 Å². The van der Waals surface area contributed by atoms with Crippen molar-refractivity contribution in [3.63, 3.8) is 0 Å². The monoisotopic (exact) mass is 254 g/mol. The van der Waals surface area contributed by atoms with Gasteiger partial charge in [-0.05, 0) is 45.7 Å². The molecule has 1 heterocycles. The van der Waals surface area contributed by atoms with Gasteiger partial charge in [0.1, 0.15) is 0 Å². The van der Waals surface area contributed by atoms with Crippen LogP contribution in [0.5, 0.6) is 0 Å². The molecule has 2 fully saturated rings. The molecule has 1 N–H and O–H groups in total. The highest BCUT2D eigenvalue weighted by Crippen LogP contribution is 2.36. The van der Waals surface area contributed by atoms with Crippen molar-refractivity contribution in [3.05, 3.63) is 0 Å². The zero-order valence-electron chi connectivity index (χ0n) is 12.2. The Morgan fingerprint density at radius 2 is 1.78 bits per heavy atom. The molecule has 1 saturated heterocycles. The molecule has 0 aromatic heterocycles. The van der Waals surface area contributed by atoms with Gasteiger partial charge in [0.15, 0.2) is 0 Å². The van der Waals surface area contributed by atoms with E-state index in [9.17, 15) is 0 Å². The Bertz CT molecular complexity index is 233. The Kier molecular flexibility index (Phi) is 5.46. The van der Waals surface area contributed by atoms with E-state index in [0.717, 1.165) is 13.2 Å². The number of piperidine rings is 1. The predicted molar refractivity (Wildman–Crippen MR) is 76.0 cm³/mol. The maximum absolute atomic E-state index is 5.22. The highest BCUT2D eigenvalue weighted by Gasteiger charge is 2.39. The number of likely N-dealkylation sites (tertiary alicyclic amines) is 1. The van der Waals surface area contributed by atoms with E-state index in [0.29, 0.717) is 11.6 Å². The lowest BCUT2D eigenvalue weighted by Gasteiger charge is -2.44. The topological polar surface area (TPSA) is 24.5 Å². The number of nitrogens with one attached hydrogen (secondary N) is 1. The molecule has 2 aliphatic rings. The van der Waals surface area contributed by atoms with Crippen molar-refractivity contribution in [3.8, 4) is 0 Å². The zero-order chi connectivity index (χ0) is 12.8. The van der Waals surface area contributed by atoms with Gasteiger partial charge in [0.05, 0.1) is 6.61 Å². The minimum absolute atomic E-state index is 0.461. The van der Waals surface area contributed by atoms with Crippen LogP contribution >= 0.6 is 0 Å². The molecule has 0 spiro atoms. The molecule has 0 radical (unpaired) electrons. The fourth-order valence-electron chi connectivity index (χ4n) is 3.68. The summed E-state index contributed by atoms with van der Waals surface area (Å²) in [6.07, 6.45) is 9.83. The second-order valence-corrected chi connectivity index (χ2v) is 6.22. The molecule has 1 aliphatic heterocycles. The molecule has 106 valence electrons. The maximum Gasteiger partial charge on any atom is 0.0613 e. The number of rotatable bonds is 6. The number of methoxy groups -OCH3 is 1. The van der Waals surface area contributed by atoms with Crippen LogP contribution in [-0.4, -0.2) is 49.8 Å². The Morgan fingerprint density at radius 1 is 1.11 bits per heavy atom. The Hall–Kier alpha value is -0.120. The first kappa shape index (κ1) is 14.3. The van der Waals surface area contributed by atoms with Gasteiger partial charge in [0.2, 0.25) is 0 Å². The molecule has 3 heteroatoms. The van der Waals surface area contributed by atoms with Crippen LogP contribution in [0, 0.1) is 0 Å². The summed E-state index contributed by atoms with van der Waals surface area (Å²) in [5.41, 5.74) is 0.461. The van der Waals surface area contributed by atoms with E-state index in [1.54, 1.807) is 7.11 Å². The molecule has 0 aromatic rings. The Labute approximate surface area is 112 Å². The highest BCUT2D eigenvalue weighted by atomic mass is 16.5.